The van der Waals surface area contributed by atoms with E-state index < -0.39 is 18.4 Å². The van der Waals surface area contributed by atoms with Gasteiger partial charge >= 0.3 is 133 Å². The van der Waals surface area contributed by atoms with E-state index in [0.29, 0.717) is 0 Å². The van der Waals surface area contributed by atoms with Gasteiger partial charge in [-0.25, -0.2) is 0 Å². The van der Waals surface area contributed by atoms with E-state index in [4.69, 9.17) is 0 Å². The van der Waals surface area contributed by atoms with Gasteiger partial charge in [0.1, 0.15) is 0 Å². The van der Waals surface area contributed by atoms with Crippen molar-refractivity contribution in [1.29, 1.82) is 0 Å². The Labute approximate surface area is 132 Å². The maximum absolute atomic E-state index is 2.74. The number of hydrogen-bond donors (Lipinski definition) is 0. The van der Waals surface area contributed by atoms with Crippen molar-refractivity contribution in [2.45, 2.75) is 98.8 Å². The van der Waals surface area contributed by atoms with Crippen molar-refractivity contribution < 1.29 is 0 Å². The van der Waals surface area contributed by atoms with Crippen LogP contribution in [0.2, 0.25) is 13.3 Å². The van der Waals surface area contributed by atoms with Crippen LogP contribution in [0.1, 0.15) is 85.5 Å². The molecule has 1 aliphatic rings. The normalized spacial score (nSPS) is 20.0. The molecule has 0 heterocycles. The molecule has 1 unspecified atom stereocenters. The molecule has 0 amide bonds. The fourth-order valence-corrected chi connectivity index (χ4v) is 22.6. The van der Waals surface area contributed by atoms with Crippen LogP contribution in [0.15, 0.2) is 9.67 Å². The molecule has 0 radical (unpaired) electrons. The zero-order valence-electron chi connectivity index (χ0n) is 14.6. The van der Waals surface area contributed by atoms with Gasteiger partial charge in [0, 0.05) is 0 Å². The third-order valence-corrected chi connectivity index (χ3v) is 22.1. The van der Waals surface area contributed by atoms with E-state index in [1.807, 2.05) is 0 Å². The van der Waals surface area contributed by atoms with Gasteiger partial charge in [-0.3, -0.25) is 0 Å². The third kappa shape index (κ3) is 5.39. The van der Waals surface area contributed by atoms with Gasteiger partial charge < -0.3 is 0 Å². The number of rotatable bonds is 10. The Morgan fingerprint density at radius 1 is 0.950 bits per heavy atom. The molecule has 118 valence electrons. The van der Waals surface area contributed by atoms with Crippen molar-refractivity contribution >= 4 is 18.4 Å². The van der Waals surface area contributed by atoms with Crippen LogP contribution in [0, 0.1) is 5.92 Å². The average Bonchev–Trinajstić information content (AvgIpc) is 2.48. The van der Waals surface area contributed by atoms with E-state index in [9.17, 15) is 0 Å². The number of allylic oxidation sites excluding steroid dienone is 2. The third-order valence-electron chi connectivity index (χ3n) is 5.38. The summed E-state index contributed by atoms with van der Waals surface area (Å²) < 4.78 is 7.03. The monoisotopic (exact) mass is 386 g/mol. The predicted molar refractivity (Wildman–Crippen MR) is 96.0 cm³/mol. The first-order chi connectivity index (χ1) is 9.70. The standard InChI is InChI=1S/C7H11.3C4H9.Sn/c1-7-5-3-2-4-6-7;3*1-3-4-2;/h3,7H,2,4,6H2,1H3;3*1,3-4H2,2H3;. The summed E-state index contributed by atoms with van der Waals surface area (Å²) in [5.74, 6) is 0.935. The molecule has 0 aromatic rings. The van der Waals surface area contributed by atoms with Gasteiger partial charge in [0.2, 0.25) is 0 Å². The molecule has 0 aliphatic heterocycles. The first-order valence-electron chi connectivity index (χ1n) is 9.40. The van der Waals surface area contributed by atoms with Gasteiger partial charge in [0.25, 0.3) is 0 Å². The quantitative estimate of drug-likeness (QED) is 0.351. The number of hydrogen-bond acceptors (Lipinski definition) is 0. The van der Waals surface area contributed by atoms with Crippen LogP contribution in [0.25, 0.3) is 0 Å². The zero-order chi connectivity index (χ0) is 14.8. The summed E-state index contributed by atoms with van der Waals surface area (Å²) in [4.78, 5) is 0. The van der Waals surface area contributed by atoms with Crippen molar-refractivity contribution in [3.63, 3.8) is 0 Å². The molecule has 1 heteroatoms. The number of unbranched alkanes of at least 4 members (excludes halogenated alkanes) is 3. The molecule has 0 saturated heterocycles. The van der Waals surface area contributed by atoms with Crippen molar-refractivity contribution in [1.82, 2.24) is 0 Å². The van der Waals surface area contributed by atoms with Crippen molar-refractivity contribution in [2.75, 3.05) is 0 Å². The summed E-state index contributed by atoms with van der Waals surface area (Å²) in [6.07, 6.45) is 15.8. The average molecular weight is 385 g/mol. The molecule has 1 rings (SSSR count). The summed E-state index contributed by atoms with van der Waals surface area (Å²) in [6.45, 7) is 9.69. The molecule has 20 heavy (non-hydrogen) atoms. The van der Waals surface area contributed by atoms with Gasteiger partial charge in [0.15, 0.2) is 0 Å². The van der Waals surface area contributed by atoms with Gasteiger partial charge in [0.05, 0.1) is 0 Å². The van der Waals surface area contributed by atoms with Crippen LogP contribution in [0.4, 0.5) is 0 Å². The fraction of sp³-hybridized carbons (Fsp3) is 0.895. The van der Waals surface area contributed by atoms with E-state index in [1.165, 1.54) is 57.8 Å². The molecule has 0 nitrogen and oxygen atoms in total. The SMILES string of the molecule is CCC[CH2][Sn]([CH2]CCC)([CH2]CCC)[C]1=CCCCC1C. The Hall–Kier alpha value is 0.539. The van der Waals surface area contributed by atoms with Gasteiger partial charge in [-0.05, 0) is 0 Å². The van der Waals surface area contributed by atoms with E-state index in [2.05, 4.69) is 37.4 Å². The van der Waals surface area contributed by atoms with Crippen LogP contribution in [0.5, 0.6) is 0 Å². The van der Waals surface area contributed by atoms with E-state index >= 15 is 0 Å². The minimum atomic E-state index is -2.04. The topological polar surface area (TPSA) is 0 Å². The second-order valence-electron chi connectivity index (χ2n) is 7.08. The Bertz CT molecular complexity index is 258. The molecular formula is C19H38Sn. The first-order valence-corrected chi connectivity index (χ1v) is 16.9. The van der Waals surface area contributed by atoms with Gasteiger partial charge in [-0.15, -0.1) is 0 Å². The zero-order valence-corrected chi connectivity index (χ0v) is 17.5. The molecule has 0 saturated carbocycles. The van der Waals surface area contributed by atoms with Crippen molar-refractivity contribution in [2.24, 2.45) is 5.92 Å². The summed E-state index contributed by atoms with van der Waals surface area (Å²) in [5.41, 5.74) is 0. The molecule has 1 atom stereocenters. The predicted octanol–water partition coefficient (Wildman–Crippen LogP) is 7.12. The minimum absolute atomic E-state index is 0.935. The molecule has 0 bridgehead atoms. The summed E-state index contributed by atoms with van der Waals surface area (Å²) >= 11 is -2.04. The van der Waals surface area contributed by atoms with Crippen LogP contribution in [-0.2, 0) is 0 Å². The first kappa shape index (κ1) is 18.6. The Kier molecular flexibility index (Phi) is 9.57. The van der Waals surface area contributed by atoms with Crippen LogP contribution in [0.3, 0.4) is 0 Å². The molecule has 0 aromatic heterocycles. The van der Waals surface area contributed by atoms with Gasteiger partial charge in [-0.2, -0.15) is 0 Å². The van der Waals surface area contributed by atoms with Crippen molar-refractivity contribution in [3.8, 4) is 0 Å². The van der Waals surface area contributed by atoms with Crippen LogP contribution >= 0.6 is 0 Å². The second kappa shape index (κ2) is 10.3. The summed E-state index contributed by atoms with van der Waals surface area (Å²) in [5, 5.41) is 0. The van der Waals surface area contributed by atoms with E-state index in [-0.39, 0.29) is 0 Å². The molecule has 0 spiro atoms. The summed E-state index contributed by atoms with van der Waals surface area (Å²) in [6, 6.07) is 0. The summed E-state index contributed by atoms with van der Waals surface area (Å²) in [7, 11) is 0. The molecule has 0 N–H and O–H groups in total. The second-order valence-corrected chi connectivity index (χ2v) is 20.3. The Balaban J connectivity index is 2.94. The van der Waals surface area contributed by atoms with Crippen molar-refractivity contribution in [3.05, 3.63) is 9.67 Å². The van der Waals surface area contributed by atoms with Gasteiger partial charge in [-0.1, -0.05) is 0 Å². The Morgan fingerprint density at radius 2 is 1.45 bits per heavy atom. The fourth-order valence-electron chi connectivity index (χ4n) is 4.13. The van der Waals surface area contributed by atoms with Crippen LogP contribution in [-0.4, -0.2) is 18.4 Å². The molecular weight excluding hydrogens is 347 g/mol. The molecule has 0 fully saturated rings. The van der Waals surface area contributed by atoms with Crippen LogP contribution < -0.4 is 0 Å². The maximum atomic E-state index is 2.74. The molecule has 1 aliphatic carbocycles. The van der Waals surface area contributed by atoms with E-state index in [0.717, 1.165) is 5.92 Å². The molecule has 0 aromatic carbocycles. The van der Waals surface area contributed by atoms with E-state index in [1.54, 1.807) is 13.3 Å². The Morgan fingerprint density at radius 3 is 1.85 bits per heavy atom.